The molecule has 0 aromatic heterocycles. The highest BCUT2D eigenvalue weighted by Gasteiger charge is 2.12. The van der Waals surface area contributed by atoms with Crippen molar-refractivity contribution in [2.45, 2.75) is 79.1 Å². The lowest BCUT2D eigenvalue weighted by atomic mass is 9.99. The minimum Gasteiger partial charge on any atom is -0.371 e. The van der Waals surface area contributed by atoms with Crippen molar-refractivity contribution in [3.05, 3.63) is 28.8 Å². The third-order valence-corrected chi connectivity index (χ3v) is 5.80. The molecule has 0 saturated heterocycles. The quantitative estimate of drug-likeness (QED) is 0.473. The predicted molar refractivity (Wildman–Crippen MR) is 118 cm³/mol. The SMILES string of the molecule is CCCCC(CC)CNC(NCC(CC)CCCC)=c1cccc2c1=NN=N2. The van der Waals surface area contributed by atoms with Gasteiger partial charge in [-0.2, -0.15) is 0 Å². The Morgan fingerprint density at radius 2 is 1.50 bits per heavy atom. The van der Waals surface area contributed by atoms with Gasteiger partial charge in [0.05, 0.1) is 0 Å². The summed E-state index contributed by atoms with van der Waals surface area (Å²) in [4.78, 5) is 0. The molecule has 1 aromatic carbocycles. The first kappa shape index (κ1) is 22.4. The molecular formula is C23H39N5. The number of nitrogens with zero attached hydrogens (tertiary/aromatic N) is 3. The lowest BCUT2D eigenvalue weighted by Gasteiger charge is -2.22. The van der Waals surface area contributed by atoms with Crippen LogP contribution in [0.5, 0.6) is 0 Å². The van der Waals surface area contributed by atoms with E-state index in [1.165, 1.54) is 51.4 Å². The molecule has 0 spiro atoms. The van der Waals surface area contributed by atoms with E-state index in [2.05, 4.69) is 59.8 Å². The Labute approximate surface area is 170 Å². The number of hydrogen-bond donors (Lipinski definition) is 2. The van der Waals surface area contributed by atoms with Gasteiger partial charge >= 0.3 is 0 Å². The van der Waals surface area contributed by atoms with Gasteiger partial charge in [0.1, 0.15) is 16.9 Å². The maximum absolute atomic E-state index is 4.27. The van der Waals surface area contributed by atoms with E-state index in [9.17, 15) is 0 Å². The Hall–Kier alpha value is -1.91. The van der Waals surface area contributed by atoms with Crippen LogP contribution in [0.3, 0.4) is 0 Å². The van der Waals surface area contributed by atoms with Gasteiger partial charge in [-0.15, -0.1) is 10.2 Å². The molecule has 156 valence electrons. The first-order valence-corrected chi connectivity index (χ1v) is 11.3. The Kier molecular flexibility index (Phi) is 10.0. The lowest BCUT2D eigenvalue weighted by molar-refractivity contribution is 0.424. The van der Waals surface area contributed by atoms with Crippen LogP contribution >= 0.6 is 0 Å². The molecular weight excluding hydrogens is 346 g/mol. The molecule has 0 amide bonds. The van der Waals surface area contributed by atoms with Crippen molar-refractivity contribution >= 4 is 11.5 Å². The highest BCUT2D eigenvalue weighted by Crippen LogP contribution is 2.14. The molecule has 2 rings (SSSR count). The number of unbranched alkanes of at least 4 members (excludes halogenated alkanes) is 2. The summed E-state index contributed by atoms with van der Waals surface area (Å²) < 4.78 is 0. The predicted octanol–water partition coefficient (Wildman–Crippen LogP) is 5.00. The molecule has 0 radical (unpaired) electrons. The van der Waals surface area contributed by atoms with Crippen LogP contribution in [0.25, 0.3) is 5.82 Å². The molecule has 0 fully saturated rings. The van der Waals surface area contributed by atoms with Crippen LogP contribution in [0, 0.1) is 11.8 Å². The van der Waals surface area contributed by atoms with Gasteiger partial charge in [0.25, 0.3) is 0 Å². The van der Waals surface area contributed by atoms with Crippen molar-refractivity contribution in [3.8, 4) is 0 Å². The van der Waals surface area contributed by atoms with E-state index in [4.69, 9.17) is 0 Å². The van der Waals surface area contributed by atoms with Gasteiger partial charge in [-0.3, -0.25) is 0 Å². The van der Waals surface area contributed by atoms with Crippen LogP contribution in [0.4, 0.5) is 5.69 Å². The molecule has 1 aliphatic heterocycles. The largest absolute Gasteiger partial charge is 0.371 e. The van der Waals surface area contributed by atoms with E-state index < -0.39 is 0 Å². The van der Waals surface area contributed by atoms with Gasteiger partial charge in [-0.1, -0.05) is 72.3 Å². The molecule has 2 atom stereocenters. The normalized spacial score (nSPS) is 14.3. The third-order valence-electron chi connectivity index (χ3n) is 5.80. The number of hydrogen-bond acceptors (Lipinski definition) is 5. The molecule has 5 heteroatoms. The van der Waals surface area contributed by atoms with E-state index in [0.29, 0.717) is 11.8 Å². The lowest BCUT2D eigenvalue weighted by Crippen LogP contribution is -2.41. The van der Waals surface area contributed by atoms with Crippen LogP contribution < -0.4 is 21.2 Å². The van der Waals surface area contributed by atoms with E-state index in [1.807, 2.05) is 12.1 Å². The average Bonchev–Trinajstić information content (AvgIpc) is 3.21. The number of benzene rings is 1. The van der Waals surface area contributed by atoms with Crippen LogP contribution in [0.1, 0.15) is 79.1 Å². The molecule has 0 bridgehead atoms. The number of fused-ring (bicyclic) bond motifs is 1. The van der Waals surface area contributed by atoms with Crippen LogP contribution in [0.2, 0.25) is 0 Å². The summed E-state index contributed by atoms with van der Waals surface area (Å²) >= 11 is 0. The van der Waals surface area contributed by atoms with Gasteiger partial charge < -0.3 is 10.6 Å². The number of nitrogens with one attached hydrogen (secondary N) is 2. The molecule has 28 heavy (non-hydrogen) atoms. The summed E-state index contributed by atoms with van der Waals surface area (Å²) in [7, 11) is 0. The second-order valence-corrected chi connectivity index (χ2v) is 7.93. The van der Waals surface area contributed by atoms with E-state index in [1.54, 1.807) is 0 Å². The highest BCUT2D eigenvalue weighted by atomic mass is 15.4. The zero-order valence-electron chi connectivity index (χ0n) is 18.3. The summed E-state index contributed by atoms with van der Waals surface area (Å²) in [6, 6.07) is 6.14. The summed E-state index contributed by atoms with van der Waals surface area (Å²) in [5.74, 6) is 2.47. The molecule has 1 aromatic rings. The Morgan fingerprint density at radius 3 is 2.04 bits per heavy atom. The Balaban J connectivity index is 2.20. The van der Waals surface area contributed by atoms with Gasteiger partial charge in [-0.05, 0) is 42.0 Å². The third kappa shape index (κ3) is 6.61. The fraction of sp³-hybridized carbons (Fsp3) is 0.696. The highest BCUT2D eigenvalue weighted by molar-refractivity contribution is 5.46. The average molecular weight is 386 g/mol. The van der Waals surface area contributed by atoms with Gasteiger partial charge in [0, 0.05) is 18.3 Å². The van der Waals surface area contributed by atoms with E-state index in [0.717, 1.165) is 35.2 Å². The number of rotatable bonds is 14. The summed E-state index contributed by atoms with van der Waals surface area (Å²) in [6.07, 6.45) is 10.1. The molecule has 0 saturated carbocycles. The summed E-state index contributed by atoms with van der Waals surface area (Å²) in [5.41, 5.74) is 0.856. The summed E-state index contributed by atoms with van der Waals surface area (Å²) in [6.45, 7) is 11.1. The van der Waals surface area contributed by atoms with E-state index >= 15 is 0 Å². The first-order chi connectivity index (χ1) is 13.7. The maximum atomic E-state index is 4.27. The molecule has 1 aliphatic rings. The van der Waals surface area contributed by atoms with Gasteiger partial charge in [-0.25, -0.2) is 0 Å². The van der Waals surface area contributed by atoms with Crippen molar-refractivity contribution in [1.29, 1.82) is 0 Å². The van der Waals surface area contributed by atoms with Crippen molar-refractivity contribution < 1.29 is 0 Å². The molecule has 5 nitrogen and oxygen atoms in total. The zero-order valence-corrected chi connectivity index (χ0v) is 18.3. The van der Waals surface area contributed by atoms with Crippen molar-refractivity contribution in [2.75, 3.05) is 13.1 Å². The van der Waals surface area contributed by atoms with Crippen molar-refractivity contribution in [3.63, 3.8) is 0 Å². The Bertz CT molecular complexity index is 703. The minimum atomic E-state index is 0.696. The molecule has 2 N–H and O–H groups in total. The zero-order chi connectivity index (χ0) is 20.2. The van der Waals surface area contributed by atoms with Gasteiger partial charge in [0.15, 0.2) is 0 Å². The second kappa shape index (κ2) is 12.5. The molecule has 2 unspecified atom stereocenters. The topological polar surface area (TPSA) is 61.1 Å². The summed E-state index contributed by atoms with van der Waals surface area (Å²) in [5, 5.41) is 21.7. The van der Waals surface area contributed by atoms with Gasteiger partial charge in [0.2, 0.25) is 0 Å². The minimum absolute atomic E-state index is 0.696. The molecule has 0 aliphatic carbocycles. The molecule has 1 heterocycles. The van der Waals surface area contributed by atoms with Crippen LogP contribution in [0.15, 0.2) is 33.6 Å². The van der Waals surface area contributed by atoms with Crippen LogP contribution in [-0.2, 0) is 0 Å². The van der Waals surface area contributed by atoms with Crippen molar-refractivity contribution in [2.24, 2.45) is 27.3 Å². The van der Waals surface area contributed by atoms with Crippen molar-refractivity contribution in [1.82, 2.24) is 10.6 Å². The van der Waals surface area contributed by atoms with Crippen LogP contribution in [-0.4, -0.2) is 13.1 Å². The monoisotopic (exact) mass is 385 g/mol. The fourth-order valence-corrected chi connectivity index (χ4v) is 3.67. The smallest absolute Gasteiger partial charge is 0.126 e. The van der Waals surface area contributed by atoms with E-state index in [-0.39, 0.29) is 0 Å². The Morgan fingerprint density at radius 1 is 0.893 bits per heavy atom. The fourth-order valence-electron chi connectivity index (χ4n) is 3.67. The standard InChI is InChI=1S/C23H39N5/c1-5-9-12-18(7-3)16-24-23(25-17-19(8-4)13-10-6-2)20-14-11-15-21-22(20)27-28-26-21/h11,14-15,18-19,24-25H,5-10,12-13,16-17H2,1-4H3. The second-order valence-electron chi connectivity index (χ2n) is 7.93. The maximum Gasteiger partial charge on any atom is 0.126 e. The first-order valence-electron chi connectivity index (χ1n) is 11.3.